The van der Waals surface area contributed by atoms with Gasteiger partial charge in [-0.15, -0.1) is 0 Å². The van der Waals surface area contributed by atoms with E-state index in [0.717, 1.165) is 19.3 Å². The number of rotatable bonds is 8. The van der Waals surface area contributed by atoms with Crippen LogP contribution in [0.5, 0.6) is 0 Å². The van der Waals surface area contributed by atoms with E-state index in [0.29, 0.717) is 32.4 Å². The Kier molecular flexibility index (Phi) is 4.40. The number of amides is 2. The Morgan fingerprint density at radius 3 is 2.15 bits per heavy atom. The fourth-order valence-electron chi connectivity index (χ4n) is 5.01. The maximum atomic E-state index is 12.6. The lowest BCUT2D eigenvalue weighted by atomic mass is 9.35. The first-order valence-corrected chi connectivity index (χ1v) is 9.66. The van der Waals surface area contributed by atoms with Gasteiger partial charge in [-0.3, -0.25) is 14.4 Å². The summed E-state index contributed by atoms with van der Waals surface area (Å²) in [6.07, 6.45) is 4.71. The summed E-state index contributed by atoms with van der Waals surface area (Å²) in [5.74, 6) is 0.0916. The molecule has 6 nitrogen and oxygen atoms in total. The average Bonchev–Trinajstić information content (AvgIpc) is 3.30. The predicted molar refractivity (Wildman–Crippen MR) is 97.1 cm³/mol. The van der Waals surface area contributed by atoms with Gasteiger partial charge in [0.05, 0.1) is 17.9 Å². The second-order valence-electron chi connectivity index (χ2n) is 9.72. The van der Waals surface area contributed by atoms with E-state index in [1.54, 1.807) is 0 Å². The number of ether oxygens (including phenoxy) is 1. The molecule has 2 bridgehead atoms. The van der Waals surface area contributed by atoms with Crippen LogP contribution in [0.25, 0.3) is 0 Å². The summed E-state index contributed by atoms with van der Waals surface area (Å²) in [6.45, 7) is 7.36. The zero-order valence-electron chi connectivity index (χ0n) is 16.7. The van der Waals surface area contributed by atoms with Crippen molar-refractivity contribution in [2.75, 3.05) is 27.2 Å². The molecule has 0 spiro atoms. The monoisotopic (exact) mass is 364 g/mol. The van der Waals surface area contributed by atoms with Crippen molar-refractivity contribution in [3.8, 4) is 0 Å². The van der Waals surface area contributed by atoms with Crippen molar-refractivity contribution in [1.82, 2.24) is 10.2 Å². The highest BCUT2D eigenvalue weighted by Crippen LogP contribution is 2.73. The van der Waals surface area contributed by atoms with E-state index in [1.807, 2.05) is 11.9 Å². The zero-order valence-corrected chi connectivity index (χ0v) is 16.7. The molecule has 146 valence electrons. The normalized spacial score (nSPS) is 30.5. The summed E-state index contributed by atoms with van der Waals surface area (Å²) < 4.78 is 4.83. The first kappa shape index (κ1) is 19.2. The number of methoxy groups -OCH3 is 1. The molecule has 2 amide bonds. The number of nitrogens with zero attached hydrogens (tertiary/aromatic N) is 1. The smallest absolute Gasteiger partial charge is 0.311 e. The van der Waals surface area contributed by atoms with Crippen molar-refractivity contribution in [2.45, 2.75) is 59.3 Å². The Balaban J connectivity index is 1.46. The fourth-order valence-corrected chi connectivity index (χ4v) is 5.01. The third-order valence-corrected chi connectivity index (χ3v) is 6.85. The molecule has 6 heteroatoms. The van der Waals surface area contributed by atoms with Crippen LogP contribution < -0.4 is 5.32 Å². The van der Waals surface area contributed by atoms with Crippen LogP contribution in [0.2, 0.25) is 0 Å². The van der Waals surface area contributed by atoms with E-state index in [-0.39, 0.29) is 34.0 Å². The SMILES string of the molecule is CCC1(C(=O)N(C)CC(C)(C)CNC(=O)C23CC(C(=O)OC)(C2)C3)CC1. The van der Waals surface area contributed by atoms with E-state index in [1.165, 1.54) is 7.11 Å². The van der Waals surface area contributed by atoms with Crippen LogP contribution in [0.3, 0.4) is 0 Å². The highest BCUT2D eigenvalue weighted by atomic mass is 16.5. The number of esters is 1. The molecule has 1 N–H and O–H groups in total. The molecule has 0 heterocycles. The molecule has 26 heavy (non-hydrogen) atoms. The van der Waals surface area contributed by atoms with E-state index in [4.69, 9.17) is 4.74 Å². The fraction of sp³-hybridized carbons (Fsp3) is 0.850. The minimum Gasteiger partial charge on any atom is -0.469 e. The number of carbonyl (C=O) groups is 3. The van der Waals surface area contributed by atoms with Gasteiger partial charge in [-0.25, -0.2) is 0 Å². The number of carbonyl (C=O) groups excluding carboxylic acids is 3. The van der Waals surface area contributed by atoms with Crippen LogP contribution in [0.15, 0.2) is 0 Å². The topological polar surface area (TPSA) is 75.7 Å². The second-order valence-corrected chi connectivity index (χ2v) is 9.72. The number of hydrogen-bond acceptors (Lipinski definition) is 4. The van der Waals surface area contributed by atoms with E-state index in [9.17, 15) is 14.4 Å². The maximum absolute atomic E-state index is 12.6. The maximum Gasteiger partial charge on any atom is 0.311 e. The molecule has 0 radical (unpaired) electrons. The second kappa shape index (κ2) is 5.96. The first-order valence-electron chi connectivity index (χ1n) is 9.66. The van der Waals surface area contributed by atoms with Crippen LogP contribution in [0.4, 0.5) is 0 Å². The molecular formula is C20H32N2O4. The van der Waals surface area contributed by atoms with Gasteiger partial charge in [0, 0.05) is 25.6 Å². The summed E-state index contributed by atoms with van der Waals surface area (Å²) in [5, 5.41) is 3.06. The van der Waals surface area contributed by atoms with Gasteiger partial charge in [0.2, 0.25) is 11.8 Å². The van der Waals surface area contributed by atoms with E-state index in [2.05, 4.69) is 26.1 Å². The van der Waals surface area contributed by atoms with Crippen LogP contribution in [-0.2, 0) is 19.1 Å². The summed E-state index contributed by atoms with van der Waals surface area (Å²) >= 11 is 0. The van der Waals surface area contributed by atoms with Gasteiger partial charge in [-0.05, 0) is 43.9 Å². The van der Waals surface area contributed by atoms with Crippen molar-refractivity contribution in [1.29, 1.82) is 0 Å². The first-order chi connectivity index (χ1) is 12.0. The van der Waals surface area contributed by atoms with E-state index >= 15 is 0 Å². The Hall–Kier alpha value is -1.59. The van der Waals surface area contributed by atoms with Crippen molar-refractivity contribution in [2.24, 2.45) is 21.7 Å². The Morgan fingerprint density at radius 1 is 1.12 bits per heavy atom. The molecular weight excluding hydrogens is 332 g/mol. The predicted octanol–water partition coefficient (Wildman–Crippen LogP) is 2.12. The third kappa shape index (κ3) is 2.91. The summed E-state index contributed by atoms with van der Waals surface area (Å²) in [7, 11) is 3.27. The molecule has 0 saturated heterocycles. The van der Waals surface area contributed by atoms with Crippen LogP contribution in [0.1, 0.15) is 59.3 Å². The molecule has 0 aromatic rings. The van der Waals surface area contributed by atoms with Gasteiger partial charge in [-0.1, -0.05) is 20.8 Å². The standard InChI is InChI=1S/C20H32N2O4/c1-6-18(7-8-18)15(24)22(4)13-17(2,3)12-21-14(23)19-9-20(10-19,11-19)16(25)26-5/h6-13H2,1-5H3,(H,21,23). The van der Waals surface area contributed by atoms with Crippen molar-refractivity contribution < 1.29 is 19.1 Å². The van der Waals surface area contributed by atoms with Gasteiger partial charge >= 0.3 is 5.97 Å². The Morgan fingerprint density at radius 2 is 1.69 bits per heavy atom. The molecule has 4 aliphatic carbocycles. The molecule has 0 unspecified atom stereocenters. The van der Waals surface area contributed by atoms with Crippen molar-refractivity contribution in [3.05, 3.63) is 0 Å². The average molecular weight is 364 g/mol. The van der Waals surface area contributed by atoms with Crippen molar-refractivity contribution in [3.63, 3.8) is 0 Å². The molecule has 0 aromatic heterocycles. The number of nitrogens with one attached hydrogen (secondary N) is 1. The molecule has 4 fully saturated rings. The molecule has 0 atom stereocenters. The van der Waals surface area contributed by atoms with Gasteiger partial charge in [0.1, 0.15) is 0 Å². The minimum absolute atomic E-state index is 0.0394. The van der Waals surface area contributed by atoms with Gasteiger partial charge in [0.25, 0.3) is 0 Å². The molecule has 0 aliphatic heterocycles. The van der Waals surface area contributed by atoms with Gasteiger partial charge in [0.15, 0.2) is 0 Å². The molecule has 0 aromatic carbocycles. The lowest BCUT2D eigenvalue weighted by molar-refractivity contribution is -0.223. The molecule has 4 aliphatic rings. The zero-order chi connectivity index (χ0) is 19.4. The molecule has 4 rings (SSSR count). The van der Waals surface area contributed by atoms with Crippen LogP contribution in [-0.4, -0.2) is 49.9 Å². The lowest BCUT2D eigenvalue weighted by Gasteiger charge is -2.66. The summed E-state index contributed by atoms with van der Waals surface area (Å²) in [4.78, 5) is 38.8. The van der Waals surface area contributed by atoms with Gasteiger partial charge in [-0.2, -0.15) is 0 Å². The third-order valence-electron chi connectivity index (χ3n) is 6.85. The minimum atomic E-state index is -0.396. The Bertz CT molecular complexity index is 616. The largest absolute Gasteiger partial charge is 0.469 e. The Labute approximate surface area is 156 Å². The summed E-state index contributed by atoms with van der Waals surface area (Å²) in [5.41, 5.74) is -1.09. The van der Waals surface area contributed by atoms with Crippen LogP contribution in [0, 0.1) is 21.7 Å². The quantitative estimate of drug-likeness (QED) is 0.670. The van der Waals surface area contributed by atoms with Crippen molar-refractivity contribution >= 4 is 17.8 Å². The number of hydrogen-bond donors (Lipinski definition) is 1. The van der Waals surface area contributed by atoms with Gasteiger partial charge < -0.3 is 15.0 Å². The van der Waals surface area contributed by atoms with Crippen LogP contribution >= 0.6 is 0 Å². The highest BCUT2D eigenvalue weighted by Gasteiger charge is 2.75. The summed E-state index contributed by atoms with van der Waals surface area (Å²) in [6, 6.07) is 0. The lowest BCUT2D eigenvalue weighted by Crippen LogP contribution is -2.71. The molecule has 4 saturated carbocycles. The van der Waals surface area contributed by atoms with E-state index < -0.39 is 5.41 Å². The highest BCUT2D eigenvalue weighted by molar-refractivity contribution is 5.93.